The van der Waals surface area contributed by atoms with Gasteiger partial charge in [-0.05, 0) is 71.8 Å². The minimum absolute atomic E-state index is 0.957. The van der Waals surface area contributed by atoms with E-state index in [2.05, 4.69) is 81.5 Å². The van der Waals surface area contributed by atoms with Gasteiger partial charge in [-0.3, -0.25) is 4.90 Å². The van der Waals surface area contributed by atoms with Crippen molar-refractivity contribution in [1.29, 1.82) is 0 Å². The molecule has 136 valence electrons. The van der Waals surface area contributed by atoms with Gasteiger partial charge in [0.15, 0.2) is 0 Å². The number of benzene rings is 1. The summed E-state index contributed by atoms with van der Waals surface area (Å²) in [6.45, 7) is 10.2. The highest BCUT2D eigenvalue weighted by Crippen LogP contribution is 2.29. The number of halogens is 1. The first-order valence-corrected chi connectivity index (χ1v) is 10.2. The SMILES string of the molecule is Cc1cc(-c2cnc3[nH]cc(I)c3c2)cc(C)c1CN1CCN(C)CC1. The number of aryl methyl sites for hydroxylation is 2. The minimum atomic E-state index is 0.957. The van der Waals surface area contributed by atoms with Gasteiger partial charge in [-0.15, -0.1) is 0 Å². The summed E-state index contributed by atoms with van der Waals surface area (Å²) in [5.41, 5.74) is 7.63. The molecule has 3 aromatic rings. The van der Waals surface area contributed by atoms with Crippen molar-refractivity contribution in [2.24, 2.45) is 0 Å². The van der Waals surface area contributed by atoms with Gasteiger partial charge in [-0.1, -0.05) is 12.1 Å². The number of aromatic amines is 1. The van der Waals surface area contributed by atoms with Crippen LogP contribution >= 0.6 is 22.6 Å². The molecule has 1 aliphatic rings. The van der Waals surface area contributed by atoms with Crippen molar-refractivity contribution in [1.82, 2.24) is 19.8 Å². The molecule has 1 aromatic carbocycles. The van der Waals surface area contributed by atoms with E-state index in [9.17, 15) is 0 Å². The van der Waals surface area contributed by atoms with Crippen LogP contribution in [0.5, 0.6) is 0 Å². The number of aromatic nitrogens is 2. The fourth-order valence-corrected chi connectivity index (χ4v) is 4.34. The van der Waals surface area contributed by atoms with E-state index < -0.39 is 0 Å². The Balaban J connectivity index is 1.63. The van der Waals surface area contributed by atoms with Crippen LogP contribution in [0.25, 0.3) is 22.2 Å². The van der Waals surface area contributed by atoms with Gasteiger partial charge in [0.2, 0.25) is 0 Å². The molecule has 0 atom stereocenters. The number of pyridine rings is 1. The van der Waals surface area contributed by atoms with Crippen LogP contribution in [0.2, 0.25) is 0 Å². The molecule has 26 heavy (non-hydrogen) atoms. The Morgan fingerprint density at radius 2 is 1.73 bits per heavy atom. The van der Waals surface area contributed by atoms with Crippen molar-refractivity contribution in [2.45, 2.75) is 20.4 Å². The molecule has 0 amide bonds. The Kier molecular flexibility index (Phi) is 5.03. The van der Waals surface area contributed by atoms with Gasteiger partial charge >= 0.3 is 0 Å². The van der Waals surface area contributed by atoms with E-state index in [-0.39, 0.29) is 0 Å². The molecule has 1 saturated heterocycles. The van der Waals surface area contributed by atoms with Crippen molar-refractivity contribution < 1.29 is 0 Å². The molecule has 0 spiro atoms. The number of H-pyrrole nitrogens is 1. The fourth-order valence-electron chi connectivity index (χ4n) is 3.77. The van der Waals surface area contributed by atoms with Crippen LogP contribution in [0.1, 0.15) is 16.7 Å². The van der Waals surface area contributed by atoms with Gasteiger partial charge in [-0.25, -0.2) is 4.98 Å². The second-order valence-electron chi connectivity index (χ2n) is 7.42. The van der Waals surface area contributed by atoms with Crippen LogP contribution in [-0.2, 0) is 6.54 Å². The molecule has 5 heteroatoms. The predicted octanol–water partition coefficient (Wildman–Crippen LogP) is 4.20. The summed E-state index contributed by atoms with van der Waals surface area (Å²) < 4.78 is 1.21. The molecule has 4 rings (SSSR count). The predicted molar refractivity (Wildman–Crippen MR) is 116 cm³/mol. The number of nitrogens with one attached hydrogen (secondary N) is 1. The summed E-state index contributed by atoms with van der Waals surface area (Å²) in [6.07, 6.45) is 3.99. The highest BCUT2D eigenvalue weighted by molar-refractivity contribution is 14.1. The second kappa shape index (κ2) is 7.29. The molecule has 0 bridgehead atoms. The van der Waals surface area contributed by atoms with Crippen molar-refractivity contribution in [2.75, 3.05) is 33.2 Å². The molecule has 3 heterocycles. The zero-order valence-corrected chi connectivity index (χ0v) is 17.8. The molecule has 0 unspecified atom stereocenters. The second-order valence-corrected chi connectivity index (χ2v) is 8.59. The van der Waals surface area contributed by atoms with Crippen LogP contribution in [0.15, 0.2) is 30.6 Å². The lowest BCUT2D eigenvalue weighted by Crippen LogP contribution is -2.44. The van der Waals surface area contributed by atoms with E-state index >= 15 is 0 Å². The zero-order valence-electron chi connectivity index (χ0n) is 15.6. The Labute approximate surface area is 168 Å². The lowest BCUT2D eigenvalue weighted by Gasteiger charge is -2.33. The summed E-state index contributed by atoms with van der Waals surface area (Å²) in [7, 11) is 2.21. The Morgan fingerprint density at radius 1 is 1.04 bits per heavy atom. The monoisotopic (exact) mass is 460 g/mol. The summed E-state index contributed by atoms with van der Waals surface area (Å²) in [6, 6.07) is 6.89. The standard InChI is InChI=1S/C21H25IN4/c1-14-8-16(17-10-18-20(22)12-24-21(18)23-11-17)9-15(2)19(14)13-26-6-4-25(3)5-7-26/h8-12H,4-7,13H2,1-3H3,(H,23,24). The third kappa shape index (κ3) is 3.52. The molecule has 1 aliphatic heterocycles. The lowest BCUT2D eigenvalue weighted by molar-refractivity contribution is 0.148. The van der Waals surface area contributed by atoms with Crippen LogP contribution in [-0.4, -0.2) is 53.0 Å². The maximum Gasteiger partial charge on any atom is 0.138 e. The summed E-state index contributed by atoms with van der Waals surface area (Å²) >= 11 is 2.36. The van der Waals surface area contributed by atoms with Gasteiger partial charge < -0.3 is 9.88 Å². The van der Waals surface area contributed by atoms with Gasteiger partial charge in [0.25, 0.3) is 0 Å². The highest BCUT2D eigenvalue weighted by atomic mass is 127. The Hall–Kier alpha value is -1.44. The first-order valence-electron chi connectivity index (χ1n) is 9.15. The number of piperazine rings is 1. The van der Waals surface area contributed by atoms with E-state index in [1.54, 1.807) is 0 Å². The summed E-state index contributed by atoms with van der Waals surface area (Å²) in [5, 5.41) is 1.19. The van der Waals surface area contributed by atoms with E-state index in [1.807, 2.05) is 12.4 Å². The molecule has 2 aromatic heterocycles. The largest absolute Gasteiger partial charge is 0.345 e. The van der Waals surface area contributed by atoms with Crippen molar-refractivity contribution in [3.05, 3.63) is 50.9 Å². The minimum Gasteiger partial charge on any atom is -0.345 e. The van der Waals surface area contributed by atoms with Gasteiger partial charge in [0.05, 0.1) is 0 Å². The smallest absolute Gasteiger partial charge is 0.138 e. The average Bonchev–Trinajstić information content (AvgIpc) is 3.00. The van der Waals surface area contributed by atoms with Gasteiger partial charge in [0.1, 0.15) is 5.65 Å². The molecule has 0 aliphatic carbocycles. The fraction of sp³-hybridized carbons (Fsp3) is 0.381. The number of hydrogen-bond acceptors (Lipinski definition) is 3. The zero-order chi connectivity index (χ0) is 18.3. The van der Waals surface area contributed by atoms with Crippen LogP contribution in [0.3, 0.4) is 0 Å². The van der Waals surface area contributed by atoms with Crippen LogP contribution in [0.4, 0.5) is 0 Å². The first kappa shape index (κ1) is 17.9. The van der Waals surface area contributed by atoms with Crippen molar-refractivity contribution in [3.63, 3.8) is 0 Å². The number of nitrogens with zero attached hydrogens (tertiary/aromatic N) is 3. The van der Waals surface area contributed by atoms with E-state index in [0.717, 1.165) is 38.4 Å². The Bertz CT molecular complexity index is 915. The van der Waals surface area contributed by atoms with Crippen LogP contribution in [0, 0.1) is 17.4 Å². The molecule has 1 N–H and O–H groups in total. The molecule has 4 nitrogen and oxygen atoms in total. The van der Waals surface area contributed by atoms with E-state index in [1.165, 1.54) is 36.8 Å². The normalized spacial score (nSPS) is 16.5. The van der Waals surface area contributed by atoms with E-state index in [4.69, 9.17) is 0 Å². The van der Waals surface area contributed by atoms with Gasteiger partial charge in [-0.2, -0.15) is 0 Å². The maximum absolute atomic E-state index is 4.59. The Morgan fingerprint density at radius 3 is 2.42 bits per heavy atom. The molecule has 0 saturated carbocycles. The molecule has 0 radical (unpaired) electrons. The lowest BCUT2D eigenvalue weighted by atomic mass is 9.95. The van der Waals surface area contributed by atoms with Crippen molar-refractivity contribution in [3.8, 4) is 11.1 Å². The molecular weight excluding hydrogens is 435 g/mol. The number of rotatable bonds is 3. The molecular formula is C21H25IN4. The number of likely N-dealkylation sites (N-methyl/N-ethyl adjacent to an activating group) is 1. The number of fused-ring (bicyclic) bond motifs is 1. The summed E-state index contributed by atoms with van der Waals surface area (Å²) in [5.74, 6) is 0. The quantitative estimate of drug-likeness (QED) is 0.596. The first-order chi connectivity index (χ1) is 12.5. The van der Waals surface area contributed by atoms with Crippen molar-refractivity contribution >= 4 is 33.6 Å². The topological polar surface area (TPSA) is 35.2 Å². The van der Waals surface area contributed by atoms with Crippen LogP contribution < -0.4 is 0 Å². The average molecular weight is 460 g/mol. The summed E-state index contributed by atoms with van der Waals surface area (Å²) in [4.78, 5) is 12.8. The third-order valence-corrected chi connectivity index (χ3v) is 6.38. The van der Waals surface area contributed by atoms with E-state index in [0.29, 0.717) is 0 Å². The third-order valence-electron chi connectivity index (χ3n) is 5.49. The maximum atomic E-state index is 4.59. The highest BCUT2D eigenvalue weighted by Gasteiger charge is 2.16. The molecule has 1 fully saturated rings. The number of hydrogen-bond donors (Lipinski definition) is 1. The van der Waals surface area contributed by atoms with Gasteiger partial charge in [0, 0.05) is 59.6 Å².